The summed E-state index contributed by atoms with van der Waals surface area (Å²) in [6.45, 7) is 4.90. The zero-order chi connectivity index (χ0) is 20.8. The van der Waals surface area contributed by atoms with Crippen LogP contribution in [-0.4, -0.2) is 38.6 Å². The topological polar surface area (TPSA) is 73.9 Å². The van der Waals surface area contributed by atoms with E-state index in [1.165, 1.54) is 46.3 Å². The standard InChI is InChI=1S/C23H37NO5/c1-22-11-9-15(29-21(26)28-4)13-14(22)5-6-16-17-7-8-19(24-20(25)27-3)23(17,2)12-10-18(16)22/h14-19H,5-13H2,1-4H3,(H,24,25)/t14-,15-,16?,17?,18?,19+,22-,23-/m0/s1. The van der Waals surface area contributed by atoms with E-state index in [4.69, 9.17) is 14.2 Å². The number of fused-ring (bicyclic) bond motifs is 5. The van der Waals surface area contributed by atoms with Crippen molar-refractivity contribution < 1.29 is 23.8 Å². The lowest BCUT2D eigenvalue weighted by atomic mass is 9.45. The van der Waals surface area contributed by atoms with Gasteiger partial charge in [-0.25, -0.2) is 9.59 Å². The summed E-state index contributed by atoms with van der Waals surface area (Å²) in [6.07, 6.45) is 9.40. The number of amides is 1. The molecule has 0 bridgehead atoms. The van der Waals surface area contributed by atoms with E-state index in [9.17, 15) is 9.59 Å². The number of nitrogens with one attached hydrogen (secondary N) is 1. The average molecular weight is 408 g/mol. The van der Waals surface area contributed by atoms with Crippen molar-refractivity contribution in [2.24, 2.45) is 34.5 Å². The normalized spacial score (nSPS) is 45.9. The fourth-order valence-electron chi connectivity index (χ4n) is 7.95. The number of methoxy groups -OCH3 is 2. The Morgan fingerprint density at radius 3 is 2.31 bits per heavy atom. The highest BCUT2D eigenvalue weighted by molar-refractivity contribution is 5.67. The number of hydrogen-bond acceptors (Lipinski definition) is 5. The lowest BCUT2D eigenvalue weighted by Gasteiger charge is -2.61. The molecule has 29 heavy (non-hydrogen) atoms. The summed E-state index contributed by atoms with van der Waals surface area (Å²) < 4.78 is 15.1. The molecule has 0 aliphatic heterocycles. The molecular formula is C23H37NO5. The molecule has 4 saturated carbocycles. The van der Waals surface area contributed by atoms with E-state index in [0.29, 0.717) is 17.3 Å². The first-order chi connectivity index (χ1) is 13.8. The van der Waals surface area contributed by atoms with Crippen molar-refractivity contribution in [3.8, 4) is 0 Å². The predicted octanol–water partition coefficient (Wildman–Crippen LogP) is 4.91. The summed E-state index contributed by atoms with van der Waals surface area (Å²) >= 11 is 0. The molecule has 0 saturated heterocycles. The quantitative estimate of drug-likeness (QED) is 0.659. The van der Waals surface area contributed by atoms with Crippen LogP contribution >= 0.6 is 0 Å². The van der Waals surface area contributed by atoms with Crippen molar-refractivity contribution in [3.63, 3.8) is 0 Å². The van der Waals surface area contributed by atoms with Gasteiger partial charge in [-0.2, -0.15) is 0 Å². The van der Waals surface area contributed by atoms with Gasteiger partial charge in [0.15, 0.2) is 0 Å². The van der Waals surface area contributed by atoms with Crippen molar-refractivity contribution in [1.29, 1.82) is 0 Å². The van der Waals surface area contributed by atoms with Gasteiger partial charge >= 0.3 is 12.2 Å². The summed E-state index contributed by atoms with van der Waals surface area (Å²) in [5, 5.41) is 3.14. The van der Waals surface area contributed by atoms with Crippen LogP contribution in [0.25, 0.3) is 0 Å². The molecule has 4 aliphatic carbocycles. The zero-order valence-electron chi connectivity index (χ0n) is 18.4. The second kappa shape index (κ2) is 7.66. The Labute approximate surface area is 174 Å². The fraction of sp³-hybridized carbons (Fsp3) is 0.913. The van der Waals surface area contributed by atoms with Gasteiger partial charge < -0.3 is 19.5 Å². The summed E-state index contributed by atoms with van der Waals surface area (Å²) in [7, 11) is 2.83. The van der Waals surface area contributed by atoms with E-state index in [0.717, 1.165) is 37.5 Å². The lowest BCUT2D eigenvalue weighted by molar-refractivity contribution is -0.126. The van der Waals surface area contributed by atoms with Crippen LogP contribution in [0.3, 0.4) is 0 Å². The Morgan fingerprint density at radius 2 is 1.59 bits per heavy atom. The summed E-state index contributed by atoms with van der Waals surface area (Å²) in [6, 6.07) is 0.232. The number of carbonyl (C=O) groups is 2. The van der Waals surface area contributed by atoms with Crippen LogP contribution in [0.5, 0.6) is 0 Å². The number of rotatable bonds is 2. The monoisotopic (exact) mass is 407 g/mol. The second-order valence-electron chi connectivity index (χ2n) is 10.4. The Bertz CT molecular complexity index is 653. The minimum absolute atomic E-state index is 0.00560. The number of carbonyl (C=O) groups excluding carboxylic acids is 2. The van der Waals surface area contributed by atoms with Crippen LogP contribution < -0.4 is 5.32 Å². The molecule has 4 fully saturated rings. The second-order valence-corrected chi connectivity index (χ2v) is 10.4. The van der Waals surface area contributed by atoms with Crippen LogP contribution in [0.4, 0.5) is 9.59 Å². The van der Waals surface area contributed by atoms with Gasteiger partial charge in [0.2, 0.25) is 0 Å². The molecule has 6 heteroatoms. The molecule has 0 spiro atoms. The molecule has 6 nitrogen and oxygen atoms in total. The maximum Gasteiger partial charge on any atom is 0.508 e. The van der Waals surface area contributed by atoms with E-state index in [1.807, 2.05) is 0 Å². The summed E-state index contributed by atoms with van der Waals surface area (Å²) in [4.78, 5) is 23.4. The minimum Gasteiger partial charge on any atom is -0.453 e. The SMILES string of the molecule is COC(=O)N[C@@H]1CCC2C3CC[C@H]4C[C@@H](OC(=O)OC)CC[C@]4(C)C3CC[C@@]21C. The molecule has 0 heterocycles. The summed E-state index contributed by atoms with van der Waals surface area (Å²) in [5.74, 6) is 2.81. The molecule has 0 aromatic rings. The third kappa shape index (κ3) is 3.40. The van der Waals surface area contributed by atoms with Gasteiger partial charge in [-0.15, -0.1) is 0 Å². The predicted molar refractivity (Wildman–Crippen MR) is 108 cm³/mol. The number of alkyl carbamates (subject to hydrolysis) is 1. The largest absolute Gasteiger partial charge is 0.508 e. The Hall–Kier alpha value is -1.46. The van der Waals surface area contributed by atoms with Crippen molar-refractivity contribution >= 4 is 12.2 Å². The molecule has 164 valence electrons. The van der Waals surface area contributed by atoms with E-state index < -0.39 is 6.16 Å². The maximum atomic E-state index is 11.9. The molecular weight excluding hydrogens is 370 g/mol. The molecule has 3 unspecified atom stereocenters. The number of ether oxygens (including phenoxy) is 3. The van der Waals surface area contributed by atoms with Crippen molar-refractivity contribution in [1.82, 2.24) is 5.32 Å². The molecule has 1 N–H and O–H groups in total. The van der Waals surface area contributed by atoms with Gasteiger partial charge in [0.25, 0.3) is 0 Å². The van der Waals surface area contributed by atoms with E-state index >= 15 is 0 Å². The first kappa shape index (κ1) is 20.8. The van der Waals surface area contributed by atoms with Crippen molar-refractivity contribution in [2.45, 2.75) is 83.8 Å². The van der Waals surface area contributed by atoms with Crippen LogP contribution in [0.2, 0.25) is 0 Å². The molecule has 4 rings (SSSR count). The van der Waals surface area contributed by atoms with Gasteiger partial charge in [0, 0.05) is 6.04 Å². The van der Waals surface area contributed by atoms with Crippen LogP contribution in [-0.2, 0) is 14.2 Å². The third-order valence-electron chi connectivity index (χ3n) is 9.52. The average Bonchev–Trinajstić information content (AvgIpc) is 3.04. The maximum absolute atomic E-state index is 11.9. The first-order valence-corrected chi connectivity index (χ1v) is 11.4. The molecule has 8 atom stereocenters. The lowest BCUT2D eigenvalue weighted by Crippen LogP contribution is -2.56. The molecule has 0 aromatic heterocycles. The summed E-state index contributed by atoms with van der Waals surface area (Å²) in [5.41, 5.74) is 0.526. The Morgan fingerprint density at radius 1 is 0.862 bits per heavy atom. The molecule has 1 amide bonds. The molecule has 4 aliphatic rings. The van der Waals surface area contributed by atoms with Crippen LogP contribution in [0.15, 0.2) is 0 Å². The zero-order valence-corrected chi connectivity index (χ0v) is 18.4. The van der Waals surface area contributed by atoms with Crippen LogP contribution in [0.1, 0.15) is 71.6 Å². The highest BCUT2D eigenvalue weighted by Crippen LogP contribution is 2.66. The third-order valence-corrected chi connectivity index (χ3v) is 9.52. The highest BCUT2D eigenvalue weighted by atomic mass is 16.7. The van der Waals surface area contributed by atoms with E-state index in [2.05, 4.69) is 19.2 Å². The smallest absolute Gasteiger partial charge is 0.453 e. The molecule has 0 aromatic carbocycles. The van der Waals surface area contributed by atoms with Gasteiger partial charge in [-0.1, -0.05) is 13.8 Å². The van der Waals surface area contributed by atoms with Crippen molar-refractivity contribution in [3.05, 3.63) is 0 Å². The number of hydrogen-bond donors (Lipinski definition) is 1. The first-order valence-electron chi connectivity index (χ1n) is 11.4. The molecule has 0 radical (unpaired) electrons. The Kier molecular flexibility index (Phi) is 5.49. The minimum atomic E-state index is -0.546. The van der Waals surface area contributed by atoms with Gasteiger partial charge in [0.05, 0.1) is 14.2 Å². The van der Waals surface area contributed by atoms with E-state index in [-0.39, 0.29) is 23.7 Å². The van der Waals surface area contributed by atoms with Crippen LogP contribution in [0, 0.1) is 34.5 Å². The Balaban J connectivity index is 1.47. The van der Waals surface area contributed by atoms with Gasteiger partial charge in [0.1, 0.15) is 6.10 Å². The van der Waals surface area contributed by atoms with Gasteiger partial charge in [-0.3, -0.25) is 0 Å². The van der Waals surface area contributed by atoms with Crippen molar-refractivity contribution in [2.75, 3.05) is 14.2 Å². The van der Waals surface area contributed by atoms with Gasteiger partial charge in [-0.05, 0) is 92.3 Å². The highest BCUT2D eigenvalue weighted by Gasteiger charge is 2.60. The fourth-order valence-corrected chi connectivity index (χ4v) is 7.95. The van der Waals surface area contributed by atoms with E-state index in [1.54, 1.807) is 0 Å².